The Bertz CT molecular complexity index is 340. The van der Waals surface area contributed by atoms with Gasteiger partial charge in [-0.3, -0.25) is 0 Å². The van der Waals surface area contributed by atoms with Gasteiger partial charge in [0.1, 0.15) is 0 Å². The van der Waals surface area contributed by atoms with Crippen LogP contribution in [-0.4, -0.2) is 6.16 Å². The SMILES string of the molecule is S=P1(c2ccccc2)C=CCC1. The second kappa shape index (κ2) is 3.16. The number of hydrogen-bond donors (Lipinski definition) is 0. The lowest BCUT2D eigenvalue weighted by Gasteiger charge is -2.12. The fourth-order valence-corrected chi connectivity index (χ4v) is 4.70. The highest BCUT2D eigenvalue weighted by Crippen LogP contribution is 2.50. The van der Waals surface area contributed by atoms with Crippen LogP contribution >= 0.6 is 6.04 Å². The van der Waals surface area contributed by atoms with Gasteiger partial charge in [0.15, 0.2) is 0 Å². The third-order valence-electron chi connectivity index (χ3n) is 2.17. The topological polar surface area (TPSA) is 0 Å². The highest BCUT2D eigenvalue weighted by atomic mass is 32.4. The van der Waals surface area contributed by atoms with E-state index in [0.717, 1.165) is 0 Å². The van der Waals surface area contributed by atoms with Gasteiger partial charge in [0.2, 0.25) is 0 Å². The first-order chi connectivity index (χ1) is 5.81. The molecule has 0 saturated carbocycles. The molecule has 0 saturated heterocycles. The Hall–Kier alpha value is -0.390. The van der Waals surface area contributed by atoms with Gasteiger partial charge in [0.05, 0.1) is 0 Å². The molecule has 1 aliphatic heterocycles. The zero-order valence-corrected chi connectivity index (χ0v) is 8.52. The van der Waals surface area contributed by atoms with Gasteiger partial charge in [-0.15, -0.1) is 0 Å². The average Bonchev–Trinajstić information content (AvgIpc) is 2.55. The fourth-order valence-electron chi connectivity index (χ4n) is 1.48. The minimum atomic E-state index is -1.27. The lowest BCUT2D eigenvalue weighted by molar-refractivity contribution is 1.27. The molecule has 0 radical (unpaired) electrons. The first-order valence-corrected chi connectivity index (χ1v) is 7.19. The Balaban J connectivity index is 2.43. The maximum Gasteiger partial charge on any atom is 0.00365 e. The second-order valence-corrected chi connectivity index (χ2v) is 7.84. The maximum absolute atomic E-state index is 5.66. The predicted octanol–water partition coefficient (Wildman–Crippen LogP) is 2.71. The van der Waals surface area contributed by atoms with Crippen molar-refractivity contribution in [3.05, 3.63) is 42.2 Å². The van der Waals surface area contributed by atoms with E-state index in [1.807, 2.05) is 6.07 Å². The summed E-state index contributed by atoms with van der Waals surface area (Å²) in [5.74, 6) is 2.26. The summed E-state index contributed by atoms with van der Waals surface area (Å²) >= 11 is 5.66. The van der Waals surface area contributed by atoms with Crippen molar-refractivity contribution in [1.29, 1.82) is 0 Å². The normalized spacial score (nSPS) is 27.7. The van der Waals surface area contributed by atoms with Gasteiger partial charge in [-0.05, 0) is 17.9 Å². The van der Waals surface area contributed by atoms with E-state index in [1.165, 1.54) is 17.9 Å². The summed E-state index contributed by atoms with van der Waals surface area (Å²) in [6.07, 6.45) is 4.59. The first kappa shape index (κ1) is 8.22. The Morgan fingerprint density at radius 3 is 2.50 bits per heavy atom. The van der Waals surface area contributed by atoms with Crippen molar-refractivity contribution >= 4 is 23.1 Å². The van der Waals surface area contributed by atoms with Gasteiger partial charge in [-0.2, -0.15) is 0 Å². The van der Waals surface area contributed by atoms with Crippen LogP contribution in [0, 0.1) is 0 Å². The summed E-state index contributed by atoms with van der Waals surface area (Å²) in [7, 11) is 0. The van der Waals surface area contributed by atoms with E-state index < -0.39 is 6.04 Å². The fraction of sp³-hybridized carbons (Fsp3) is 0.200. The Labute approximate surface area is 78.3 Å². The molecule has 2 heteroatoms. The van der Waals surface area contributed by atoms with Crippen LogP contribution in [0.4, 0.5) is 0 Å². The van der Waals surface area contributed by atoms with E-state index in [2.05, 4.69) is 36.2 Å². The van der Waals surface area contributed by atoms with Gasteiger partial charge in [-0.1, -0.05) is 54.0 Å². The van der Waals surface area contributed by atoms with Crippen LogP contribution in [-0.2, 0) is 11.8 Å². The van der Waals surface area contributed by atoms with Crippen LogP contribution in [0.3, 0.4) is 0 Å². The minimum absolute atomic E-state index is 1.17. The summed E-state index contributed by atoms with van der Waals surface area (Å²) in [6, 6.07) is 9.26. The van der Waals surface area contributed by atoms with Crippen LogP contribution in [0.5, 0.6) is 0 Å². The Kier molecular flexibility index (Phi) is 2.16. The van der Waals surface area contributed by atoms with E-state index >= 15 is 0 Å². The molecular weight excluding hydrogens is 183 g/mol. The molecule has 0 bridgehead atoms. The molecule has 1 aromatic carbocycles. The Morgan fingerprint density at radius 2 is 1.92 bits per heavy atom. The van der Waals surface area contributed by atoms with E-state index in [1.54, 1.807) is 0 Å². The molecule has 0 aromatic heterocycles. The van der Waals surface area contributed by atoms with Crippen molar-refractivity contribution < 1.29 is 0 Å². The highest BCUT2D eigenvalue weighted by molar-refractivity contribution is 8.19. The summed E-state index contributed by atoms with van der Waals surface area (Å²) in [5.41, 5.74) is 0. The quantitative estimate of drug-likeness (QED) is 0.619. The van der Waals surface area contributed by atoms with Crippen LogP contribution in [0.15, 0.2) is 42.2 Å². The average molecular weight is 194 g/mol. The zero-order chi connectivity index (χ0) is 8.44. The van der Waals surface area contributed by atoms with Crippen molar-refractivity contribution in [2.75, 3.05) is 6.16 Å². The van der Waals surface area contributed by atoms with Crippen LogP contribution in [0.1, 0.15) is 6.42 Å². The molecule has 0 nitrogen and oxygen atoms in total. The minimum Gasteiger partial charge on any atom is -0.0882 e. The van der Waals surface area contributed by atoms with Crippen molar-refractivity contribution in [2.45, 2.75) is 6.42 Å². The first-order valence-electron chi connectivity index (χ1n) is 4.13. The van der Waals surface area contributed by atoms with Gasteiger partial charge < -0.3 is 0 Å². The maximum atomic E-state index is 5.66. The van der Waals surface area contributed by atoms with Crippen molar-refractivity contribution in [3.63, 3.8) is 0 Å². The largest absolute Gasteiger partial charge is 0.0882 e. The molecule has 0 N–H and O–H groups in total. The highest BCUT2D eigenvalue weighted by Gasteiger charge is 2.18. The van der Waals surface area contributed by atoms with Gasteiger partial charge in [0, 0.05) is 6.04 Å². The lowest BCUT2D eigenvalue weighted by Crippen LogP contribution is -2.01. The van der Waals surface area contributed by atoms with Crippen LogP contribution in [0.25, 0.3) is 0 Å². The number of allylic oxidation sites excluding steroid dienone is 1. The monoisotopic (exact) mass is 194 g/mol. The number of benzene rings is 1. The van der Waals surface area contributed by atoms with E-state index in [0.29, 0.717) is 0 Å². The standard InChI is InChI=1S/C10H11PS/c12-11(8-4-5-9-11)10-6-2-1-3-7-10/h1-4,6-8H,5,9H2. The van der Waals surface area contributed by atoms with Gasteiger partial charge in [-0.25, -0.2) is 0 Å². The van der Waals surface area contributed by atoms with E-state index in [4.69, 9.17) is 11.8 Å². The Morgan fingerprint density at radius 1 is 1.17 bits per heavy atom. The molecule has 1 heterocycles. The third-order valence-corrected chi connectivity index (χ3v) is 6.50. The lowest BCUT2D eigenvalue weighted by atomic mass is 10.4. The molecular formula is C10H11PS. The van der Waals surface area contributed by atoms with Crippen molar-refractivity contribution in [3.8, 4) is 0 Å². The van der Waals surface area contributed by atoms with E-state index in [-0.39, 0.29) is 0 Å². The molecule has 1 aromatic rings. The van der Waals surface area contributed by atoms with E-state index in [9.17, 15) is 0 Å². The molecule has 1 aliphatic rings. The van der Waals surface area contributed by atoms with Crippen LogP contribution in [0.2, 0.25) is 0 Å². The molecule has 0 aliphatic carbocycles. The molecule has 0 spiro atoms. The summed E-state index contributed by atoms with van der Waals surface area (Å²) in [4.78, 5) is 0. The number of rotatable bonds is 1. The molecule has 0 amide bonds. The molecule has 1 unspecified atom stereocenters. The number of hydrogen-bond acceptors (Lipinski definition) is 1. The van der Waals surface area contributed by atoms with Crippen LogP contribution < -0.4 is 5.30 Å². The zero-order valence-electron chi connectivity index (χ0n) is 6.81. The van der Waals surface area contributed by atoms with Gasteiger partial charge in [0.25, 0.3) is 0 Å². The summed E-state index contributed by atoms with van der Waals surface area (Å²) in [5, 5.41) is 1.37. The molecule has 62 valence electrons. The molecule has 12 heavy (non-hydrogen) atoms. The molecule has 1 atom stereocenters. The van der Waals surface area contributed by atoms with Crippen molar-refractivity contribution in [2.24, 2.45) is 0 Å². The second-order valence-electron chi connectivity index (χ2n) is 3.03. The smallest absolute Gasteiger partial charge is 0.00365 e. The summed E-state index contributed by atoms with van der Waals surface area (Å²) < 4.78 is 0. The van der Waals surface area contributed by atoms with Gasteiger partial charge >= 0.3 is 0 Å². The van der Waals surface area contributed by atoms with Crippen molar-refractivity contribution in [1.82, 2.24) is 0 Å². The summed E-state index contributed by atoms with van der Waals surface area (Å²) in [6.45, 7) is 0. The molecule has 0 fully saturated rings. The molecule has 2 rings (SSSR count). The predicted molar refractivity (Wildman–Crippen MR) is 59.0 cm³/mol. The third kappa shape index (κ3) is 1.39.